The van der Waals surface area contributed by atoms with E-state index in [1.807, 2.05) is 0 Å². The first-order valence-electron chi connectivity index (χ1n) is 7.46. The molecule has 98 valence electrons. The van der Waals surface area contributed by atoms with E-state index in [4.69, 9.17) is 4.74 Å². The van der Waals surface area contributed by atoms with Gasteiger partial charge in [-0.1, -0.05) is 0 Å². The van der Waals surface area contributed by atoms with Crippen LogP contribution in [0.5, 0.6) is 0 Å². The highest BCUT2D eigenvalue weighted by Gasteiger charge is 2.40. The van der Waals surface area contributed by atoms with E-state index >= 15 is 0 Å². The van der Waals surface area contributed by atoms with Crippen molar-refractivity contribution in [3.05, 3.63) is 0 Å². The molecule has 0 aromatic rings. The molecule has 0 radical (unpaired) electrons. The van der Waals surface area contributed by atoms with Crippen molar-refractivity contribution in [3.8, 4) is 0 Å². The van der Waals surface area contributed by atoms with E-state index in [9.17, 15) is 0 Å². The Bertz CT molecular complexity index is 220. The quantitative estimate of drug-likeness (QED) is 0.658. The molecule has 1 aliphatic heterocycles. The lowest BCUT2D eigenvalue weighted by Crippen LogP contribution is -2.40. The molecule has 1 heterocycles. The summed E-state index contributed by atoms with van der Waals surface area (Å²) in [5.41, 5.74) is 0. The highest BCUT2D eigenvalue weighted by atomic mass is 16.5. The summed E-state index contributed by atoms with van der Waals surface area (Å²) in [6.45, 7) is 5.33. The Balaban J connectivity index is 1.28. The lowest BCUT2D eigenvalue weighted by molar-refractivity contribution is 0.0237. The molecule has 3 rings (SSSR count). The Hall–Kier alpha value is -0.120. The third-order valence-corrected chi connectivity index (χ3v) is 4.48. The molecule has 3 heteroatoms. The molecular weight excluding hydrogens is 212 g/mol. The predicted octanol–water partition coefficient (Wildman–Crippen LogP) is 1.39. The molecule has 17 heavy (non-hydrogen) atoms. The number of hydrogen-bond donors (Lipinski definition) is 2. The predicted molar refractivity (Wildman–Crippen MR) is 69.0 cm³/mol. The van der Waals surface area contributed by atoms with Crippen LogP contribution in [-0.2, 0) is 4.74 Å². The van der Waals surface area contributed by atoms with Gasteiger partial charge >= 0.3 is 0 Å². The van der Waals surface area contributed by atoms with E-state index in [1.165, 1.54) is 32.2 Å². The second kappa shape index (κ2) is 5.68. The molecule has 1 saturated heterocycles. The van der Waals surface area contributed by atoms with Gasteiger partial charge in [-0.15, -0.1) is 0 Å². The molecule has 2 saturated carbocycles. The zero-order valence-electron chi connectivity index (χ0n) is 10.8. The van der Waals surface area contributed by atoms with E-state index in [0.29, 0.717) is 6.10 Å². The molecule has 3 aliphatic rings. The SMILES string of the molecule is C1COC(CCNCC(C2CC2)C2CC2)CN1. The van der Waals surface area contributed by atoms with E-state index in [0.717, 1.165) is 50.4 Å². The minimum Gasteiger partial charge on any atom is -0.376 e. The second-order valence-electron chi connectivity index (χ2n) is 6.03. The fourth-order valence-electron chi connectivity index (χ4n) is 3.10. The summed E-state index contributed by atoms with van der Waals surface area (Å²) in [5.74, 6) is 3.14. The Kier molecular flexibility index (Phi) is 3.99. The van der Waals surface area contributed by atoms with Gasteiger partial charge in [-0.25, -0.2) is 0 Å². The van der Waals surface area contributed by atoms with Gasteiger partial charge in [0.2, 0.25) is 0 Å². The Morgan fingerprint density at radius 2 is 1.94 bits per heavy atom. The standard InChI is InChI=1S/C14H26N2O/c1-2-11(1)14(12-3-4-12)10-15-6-5-13-9-16-7-8-17-13/h11-16H,1-10H2. The zero-order chi connectivity index (χ0) is 11.5. The minimum absolute atomic E-state index is 0.441. The maximum atomic E-state index is 5.70. The van der Waals surface area contributed by atoms with Gasteiger partial charge in [0.05, 0.1) is 12.7 Å². The van der Waals surface area contributed by atoms with Crippen LogP contribution in [0.15, 0.2) is 0 Å². The molecular formula is C14H26N2O. The van der Waals surface area contributed by atoms with Crippen molar-refractivity contribution < 1.29 is 4.74 Å². The van der Waals surface area contributed by atoms with Crippen molar-refractivity contribution in [2.24, 2.45) is 17.8 Å². The van der Waals surface area contributed by atoms with Gasteiger partial charge in [0.25, 0.3) is 0 Å². The summed E-state index contributed by atoms with van der Waals surface area (Å²) in [4.78, 5) is 0. The average Bonchev–Trinajstić information content (AvgIpc) is 3.24. The van der Waals surface area contributed by atoms with Crippen LogP contribution in [-0.4, -0.2) is 38.9 Å². The van der Waals surface area contributed by atoms with E-state index in [1.54, 1.807) is 0 Å². The van der Waals surface area contributed by atoms with Gasteiger partial charge in [-0.3, -0.25) is 0 Å². The lowest BCUT2D eigenvalue weighted by atomic mass is 9.98. The van der Waals surface area contributed by atoms with Crippen LogP contribution in [0.1, 0.15) is 32.1 Å². The van der Waals surface area contributed by atoms with Gasteiger partial charge in [-0.2, -0.15) is 0 Å². The third-order valence-electron chi connectivity index (χ3n) is 4.48. The molecule has 2 aliphatic carbocycles. The number of morpholine rings is 1. The van der Waals surface area contributed by atoms with Crippen molar-refractivity contribution >= 4 is 0 Å². The summed E-state index contributed by atoms with van der Waals surface area (Å²) >= 11 is 0. The van der Waals surface area contributed by atoms with Crippen molar-refractivity contribution in [1.82, 2.24) is 10.6 Å². The normalized spacial score (nSPS) is 29.8. The summed E-state index contributed by atoms with van der Waals surface area (Å²) in [7, 11) is 0. The van der Waals surface area contributed by atoms with Gasteiger partial charge in [0, 0.05) is 13.1 Å². The molecule has 0 bridgehead atoms. The first kappa shape index (κ1) is 11.9. The van der Waals surface area contributed by atoms with Crippen molar-refractivity contribution in [3.63, 3.8) is 0 Å². The van der Waals surface area contributed by atoms with E-state index in [-0.39, 0.29) is 0 Å². The van der Waals surface area contributed by atoms with Gasteiger partial charge in [0.15, 0.2) is 0 Å². The number of rotatable bonds is 7. The molecule has 0 amide bonds. The number of ether oxygens (including phenoxy) is 1. The maximum Gasteiger partial charge on any atom is 0.0712 e. The fraction of sp³-hybridized carbons (Fsp3) is 1.00. The van der Waals surface area contributed by atoms with Gasteiger partial charge in [-0.05, 0) is 62.9 Å². The summed E-state index contributed by atoms with van der Waals surface area (Å²) in [6, 6.07) is 0. The van der Waals surface area contributed by atoms with E-state index in [2.05, 4.69) is 10.6 Å². The second-order valence-corrected chi connectivity index (χ2v) is 6.03. The van der Waals surface area contributed by atoms with E-state index < -0.39 is 0 Å². The van der Waals surface area contributed by atoms with Crippen LogP contribution in [0.4, 0.5) is 0 Å². The van der Waals surface area contributed by atoms with Crippen molar-refractivity contribution in [2.75, 3.05) is 32.8 Å². The molecule has 2 N–H and O–H groups in total. The van der Waals surface area contributed by atoms with Gasteiger partial charge < -0.3 is 15.4 Å². The Labute approximate surface area is 105 Å². The van der Waals surface area contributed by atoms with Crippen molar-refractivity contribution in [2.45, 2.75) is 38.2 Å². The smallest absolute Gasteiger partial charge is 0.0712 e. The van der Waals surface area contributed by atoms with Crippen LogP contribution in [0.25, 0.3) is 0 Å². The summed E-state index contributed by atoms with van der Waals surface area (Å²) in [5, 5.41) is 7.06. The van der Waals surface area contributed by atoms with Gasteiger partial charge in [0.1, 0.15) is 0 Å². The first-order valence-corrected chi connectivity index (χ1v) is 7.46. The average molecular weight is 238 g/mol. The van der Waals surface area contributed by atoms with Crippen LogP contribution < -0.4 is 10.6 Å². The van der Waals surface area contributed by atoms with Crippen LogP contribution in [0.3, 0.4) is 0 Å². The molecule has 3 fully saturated rings. The minimum atomic E-state index is 0.441. The monoisotopic (exact) mass is 238 g/mol. The number of nitrogens with one attached hydrogen (secondary N) is 2. The number of hydrogen-bond acceptors (Lipinski definition) is 3. The highest BCUT2D eigenvalue weighted by Crippen LogP contribution is 2.48. The third kappa shape index (κ3) is 3.67. The molecule has 0 spiro atoms. The van der Waals surface area contributed by atoms with Crippen LogP contribution in [0.2, 0.25) is 0 Å². The molecule has 1 atom stereocenters. The lowest BCUT2D eigenvalue weighted by Gasteiger charge is -2.24. The molecule has 0 aromatic heterocycles. The zero-order valence-corrected chi connectivity index (χ0v) is 10.8. The van der Waals surface area contributed by atoms with Crippen molar-refractivity contribution in [1.29, 1.82) is 0 Å². The highest BCUT2D eigenvalue weighted by molar-refractivity contribution is 4.92. The Morgan fingerprint density at radius 1 is 1.18 bits per heavy atom. The summed E-state index contributed by atoms with van der Waals surface area (Å²) < 4.78 is 5.70. The molecule has 3 nitrogen and oxygen atoms in total. The molecule has 0 aromatic carbocycles. The Morgan fingerprint density at radius 3 is 2.53 bits per heavy atom. The molecule has 1 unspecified atom stereocenters. The van der Waals surface area contributed by atoms with Crippen LogP contribution >= 0.6 is 0 Å². The maximum absolute atomic E-state index is 5.70. The fourth-order valence-corrected chi connectivity index (χ4v) is 3.10. The first-order chi connectivity index (χ1) is 8.43. The topological polar surface area (TPSA) is 33.3 Å². The van der Waals surface area contributed by atoms with Crippen LogP contribution in [0, 0.1) is 17.8 Å². The largest absolute Gasteiger partial charge is 0.376 e. The summed E-state index contributed by atoms with van der Waals surface area (Å²) in [6.07, 6.45) is 7.60.